The minimum absolute atomic E-state index is 0.0261. The van der Waals surface area contributed by atoms with E-state index in [1.807, 2.05) is 25.1 Å². The third kappa shape index (κ3) is 3.87. The summed E-state index contributed by atoms with van der Waals surface area (Å²) in [5.41, 5.74) is 2.91. The summed E-state index contributed by atoms with van der Waals surface area (Å²) in [6, 6.07) is 8.16. The minimum Gasteiger partial charge on any atom is -0.385 e. The molecule has 176 valence electrons. The second-order valence-electron chi connectivity index (χ2n) is 10.4. The van der Waals surface area contributed by atoms with Gasteiger partial charge in [0.1, 0.15) is 0 Å². The lowest BCUT2D eigenvalue weighted by atomic mass is 9.54. The van der Waals surface area contributed by atoms with E-state index in [9.17, 15) is 23.1 Å². The van der Waals surface area contributed by atoms with Crippen LogP contribution >= 0.6 is 15.9 Å². The molecule has 5 rings (SSSR count). The van der Waals surface area contributed by atoms with Gasteiger partial charge in [-0.2, -0.15) is 13.2 Å². The van der Waals surface area contributed by atoms with E-state index in [0.717, 1.165) is 47.4 Å². The summed E-state index contributed by atoms with van der Waals surface area (Å²) in [5.74, 6) is 0.573. The van der Waals surface area contributed by atoms with E-state index in [4.69, 9.17) is 0 Å². The first-order valence-corrected chi connectivity index (χ1v) is 12.5. The van der Waals surface area contributed by atoms with Gasteiger partial charge in [-0.15, -0.1) is 0 Å². The number of ketones is 1. The molecule has 0 aliphatic heterocycles. The molecule has 1 N–H and O–H groups in total. The highest BCUT2D eigenvalue weighted by Gasteiger charge is 2.60. The summed E-state index contributed by atoms with van der Waals surface area (Å²) < 4.78 is 39.7. The van der Waals surface area contributed by atoms with Gasteiger partial charge in [0.05, 0.1) is 5.60 Å². The van der Waals surface area contributed by atoms with E-state index in [0.29, 0.717) is 19.3 Å². The topological polar surface area (TPSA) is 37.3 Å². The van der Waals surface area contributed by atoms with Crippen molar-refractivity contribution in [2.75, 3.05) is 0 Å². The van der Waals surface area contributed by atoms with E-state index >= 15 is 0 Å². The van der Waals surface area contributed by atoms with Crippen LogP contribution in [0.4, 0.5) is 13.2 Å². The number of alkyl halides is 3. The fraction of sp³-hybridized carbons (Fsp3) is 0.519. The van der Waals surface area contributed by atoms with Gasteiger partial charge < -0.3 is 5.11 Å². The standard InChI is InChI=1S/C27H28BrF3O2/c1-25-10-8-21-20(23(25)9-11-26(25,33)12-13-27(29,30)31)7-4-17-14-19(32)15-22(24(17)21)16-2-5-18(28)6-3-16/h2-3,5-6,12-14,20,22-23,33H,4,7-11,15H2,1H3/t20-,22?,23+,25+,26?/m1/s1. The van der Waals surface area contributed by atoms with Crippen LogP contribution in [0.15, 0.2) is 63.7 Å². The number of rotatable bonds is 2. The van der Waals surface area contributed by atoms with Crippen LogP contribution in [0.2, 0.25) is 0 Å². The van der Waals surface area contributed by atoms with Crippen molar-refractivity contribution in [1.82, 2.24) is 0 Å². The van der Waals surface area contributed by atoms with Crippen molar-refractivity contribution < 1.29 is 23.1 Å². The van der Waals surface area contributed by atoms with Crippen molar-refractivity contribution in [3.63, 3.8) is 0 Å². The molecule has 0 aromatic heterocycles. The van der Waals surface area contributed by atoms with Gasteiger partial charge in [0.2, 0.25) is 0 Å². The fourth-order valence-electron chi connectivity index (χ4n) is 7.17. The molecule has 5 atom stereocenters. The van der Waals surface area contributed by atoms with Crippen LogP contribution < -0.4 is 0 Å². The Balaban J connectivity index is 1.54. The molecule has 6 heteroatoms. The Morgan fingerprint density at radius 3 is 2.55 bits per heavy atom. The number of carbonyl (C=O) groups excluding carboxylic acids is 1. The molecule has 2 unspecified atom stereocenters. The van der Waals surface area contributed by atoms with Crippen molar-refractivity contribution in [2.45, 2.75) is 69.6 Å². The fourth-order valence-corrected chi connectivity index (χ4v) is 7.44. The smallest absolute Gasteiger partial charge is 0.385 e. The molecule has 2 saturated carbocycles. The molecule has 0 saturated heterocycles. The molecule has 4 aliphatic carbocycles. The lowest BCUT2D eigenvalue weighted by molar-refractivity contribution is -0.115. The lowest BCUT2D eigenvalue weighted by Gasteiger charge is -2.51. The Labute approximate surface area is 200 Å². The average molecular weight is 521 g/mol. The maximum absolute atomic E-state index is 12.9. The molecule has 4 aliphatic rings. The second kappa shape index (κ2) is 7.94. The predicted molar refractivity (Wildman–Crippen MR) is 125 cm³/mol. The van der Waals surface area contributed by atoms with Gasteiger partial charge in [-0.25, -0.2) is 0 Å². The molecule has 33 heavy (non-hydrogen) atoms. The van der Waals surface area contributed by atoms with Crippen molar-refractivity contribution in [2.24, 2.45) is 17.3 Å². The Morgan fingerprint density at radius 1 is 1.12 bits per heavy atom. The largest absolute Gasteiger partial charge is 0.409 e. The van der Waals surface area contributed by atoms with Crippen LogP contribution in [0, 0.1) is 17.3 Å². The van der Waals surface area contributed by atoms with Crippen molar-refractivity contribution in [3.8, 4) is 0 Å². The number of benzene rings is 1. The van der Waals surface area contributed by atoms with Gasteiger partial charge >= 0.3 is 6.18 Å². The van der Waals surface area contributed by atoms with Gasteiger partial charge in [-0.3, -0.25) is 4.79 Å². The van der Waals surface area contributed by atoms with Gasteiger partial charge in [0.25, 0.3) is 0 Å². The molecule has 0 bridgehead atoms. The normalized spacial score (nSPS) is 36.5. The highest BCUT2D eigenvalue weighted by molar-refractivity contribution is 9.10. The van der Waals surface area contributed by atoms with Gasteiger partial charge in [-0.05, 0) is 91.4 Å². The van der Waals surface area contributed by atoms with Gasteiger partial charge in [0, 0.05) is 28.3 Å². The Bertz CT molecular complexity index is 1070. The number of fused-ring (bicyclic) bond motifs is 4. The second-order valence-corrected chi connectivity index (χ2v) is 11.3. The summed E-state index contributed by atoms with van der Waals surface area (Å²) in [4.78, 5) is 12.6. The van der Waals surface area contributed by atoms with Crippen LogP contribution in [-0.2, 0) is 4.79 Å². The molecule has 2 nitrogen and oxygen atoms in total. The Morgan fingerprint density at radius 2 is 1.85 bits per heavy atom. The first-order chi connectivity index (χ1) is 15.5. The number of carbonyl (C=O) groups is 1. The average Bonchev–Trinajstić information content (AvgIpc) is 3.03. The zero-order valence-corrected chi connectivity index (χ0v) is 20.2. The van der Waals surface area contributed by atoms with E-state index in [2.05, 4.69) is 28.1 Å². The Kier molecular flexibility index (Phi) is 5.56. The predicted octanol–water partition coefficient (Wildman–Crippen LogP) is 7.20. The summed E-state index contributed by atoms with van der Waals surface area (Å²) in [6.07, 6.45) is 3.27. The molecular weight excluding hydrogens is 493 g/mol. The van der Waals surface area contributed by atoms with E-state index in [1.165, 1.54) is 11.1 Å². The third-order valence-electron chi connectivity index (χ3n) is 8.82. The summed E-state index contributed by atoms with van der Waals surface area (Å²) in [5, 5.41) is 11.4. The number of hydrogen-bond donors (Lipinski definition) is 1. The SMILES string of the molecule is C[C@]12CCC3=C4C(=CC(=O)CC4c4ccc(Br)cc4)CC[C@H]3[C@@H]1CCC2(O)C=CC(F)(F)F. The highest BCUT2D eigenvalue weighted by Crippen LogP contribution is 2.64. The summed E-state index contributed by atoms with van der Waals surface area (Å²) in [7, 11) is 0. The zero-order valence-electron chi connectivity index (χ0n) is 18.6. The molecule has 0 heterocycles. The van der Waals surface area contributed by atoms with Crippen LogP contribution in [0.25, 0.3) is 0 Å². The molecule has 1 aromatic rings. The van der Waals surface area contributed by atoms with Crippen LogP contribution in [0.1, 0.15) is 63.4 Å². The Hall–Kier alpha value is -1.66. The van der Waals surface area contributed by atoms with Crippen LogP contribution in [-0.4, -0.2) is 22.7 Å². The van der Waals surface area contributed by atoms with Crippen LogP contribution in [0.5, 0.6) is 0 Å². The highest BCUT2D eigenvalue weighted by atomic mass is 79.9. The molecule has 1 aromatic carbocycles. The van der Waals surface area contributed by atoms with E-state index < -0.39 is 17.2 Å². The molecule has 0 amide bonds. The first kappa shape index (κ1) is 23.1. The minimum atomic E-state index is -4.43. The summed E-state index contributed by atoms with van der Waals surface area (Å²) in [6.45, 7) is 1.98. The molecule has 2 fully saturated rings. The maximum Gasteiger partial charge on any atom is 0.409 e. The van der Waals surface area contributed by atoms with Gasteiger partial charge in [-0.1, -0.05) is 40.6 Å². The number of hydrogen-bond acceptors (Lipinski definition) is 2. The van der Waals surface area contributed by atoms with Crippen LogP contribution in [0.3, 0.4) is 0 Å². The first-order valence-electron chi connectivity index (χ1n) is 11.7. The lowest BCUT2D eigenvalue weighted by Crippen LogP contribution is -2.49. The zero-order chi connectivity index (χ0) is 23.6. The quantitative estimate of drug-likeness (QED) is 0.418. The maximum atomic E-state index is 12.9. The van der Waals surface area contributed by atoms with Crippen molar-refractivity contribution in [3.05, 3.63) is 69.2 Å². The van der Waals surface area contributed by atoms with E-state index in [-0.39, 0.29) is 29.6 Å². The van der Waals surface area contributed by atoms with E-state index in [1.54, 1.807) is 0 Å². The molecule has 0 radical (unpaired) electrons. The van der Waals surface area contributed by atoms with Crippen molar-refractivity contribution in [1.29, 1.82) is 0 Å². The third-order valence-corrected chi connectivity index (χ3v) is 9.35. The van der Waals surface area contributed by atoms with Gasteiger partial charge in [0.15, 0.2) is 5.78 Å². The number of halogens is 4. The van der Waals surface area contributed by atoms with Crippen molar-refractivity contribution >= 4 is 21.7 Å². The summed E-state index contributed by atoms with van der Waals surface area (Å²) >= 11 is 3.49. The molecule has 0 spiro atoms. The number of aliphatic hydroxyl groups is 1. The number of allylic oxidation sites excluding steroid dienone is 5. The monoisotopic (exact) mass is 520 g/mol. The molecular formula is C27H28BrF3O2.